The van der Waals surface area contributed by atoms with Crippen molar-refractivity contribution in [2.45, 2.75) is 13.0 Å². The SMILES string of the molecule is COc1ccc(N2CCN([C@H](c3ccc(F)c(F)c3)c3sc4nc(C)nn4c3O)CC2)cc1. The molecule has 1 atom stereocenters. The molecule has 0 radical (unpaired) electrons. The van der Waals surface area contributed by atoms with Crippen LogP contribution < -0.4 is 9.64 Å². The number of methoxy groups -OCH3 is 1. The molecule has 10 heteroatoms. The van der Waals surface area contributed by atoms with Gasteiger partial charge in [-0.25, -0.2) is 13.8 Å². The van der Waals surface area contributed by atoms with Crippen molar-refractivity contribution in [1.29, 1.82) is 0 Å². The van der Waals surface area contributed by atoms with E-state index >= 15 is 0 Å². The topological polar surface area (TPSA) is 66.1 Å². The van der Waals surface area contributed by atoms with Gasteiger partial charge in [0, 0.05) is 31.9 Å². The zero-order valence-electron chi connectivity index (χ0n) is 18.2. The van der Waals surface area contributed by atoms with E-state index < -0.39 is 17.7 Å². The first kappa shape index (κ1) is 21.6. The number of aromatic nitrogens is 3. The zero-order chi connectivity index (χ0) is 23.1. The number of thiazole rings is 1. The number of aryl methyl sites for hydroxylation is 1. The van der Waals surface area contributed by atoms with Gasteiger partial charge in [0.1, 0.15) is 11.6 Å². The number of aromatic hydroxyl groups is 1. The maximum Gasteiger partial charge on any atom is 0.230 e. The average Bonchev–Trinajstić information content (AvgIpc) is 3.34. The third kappa shape index (κ3) is 4.00. The van der Waals surface area contributed by atoms with Gasteiger partial charge in [-0.2, -0.15) is 4.52 Å². The Hall–Kier alpha value is -3.24. The number of fused-ring (bicyclic) bond motifs is 1. The Kier molecular flexibility index (Phi) is 5.63. The molecule has 2 aromatic heterocycles. The number of nitrogens with zero attached hydrogens (tertiary/aromatic N) is 5. The summed E-state index contributed by atoms with van der Waals surface area (Å²) in [5.74, 6) is -0.477. The lowest BCUT2D eigenvalue weighted by molar-refractivity contribution is 0.210. The maximum atomic E-state index is 14.2. The van der Waals surface area contributed by atoms with Crippen LogP contribution >= 0.6 is 11.3 Å². The van der Waals surface area contributed by atoms with Crippen molar-refractivity contribution in [2.24, 2.45) is 0 Å². The summed E-state index contributed by atoms with van der Waals surface area (Å²) in [6.07, 6.45) is 0. The fourth-order valence-electron chi connectivity index (χ4n) is 4.27. The molecule has 33 heavy (non-hydrogen) atoms. The van der Waals surface area contributed by atoms with Gasteiger partial charge in [0.25, 0.3) is 0 Å². The lowest BCUT2D eigenvalue weighted by Gasteiger charge is -2.40. The summed E-state index contributed by atoms with van der Waals surface area (Å²) >= 11 is 1.31. The van der Waals surface area contributed by atoms with Gasteiger partial charge < -0.3 is 14.7 Å². The molecule has 5 rings (SSSR count). The zero-order valence-corrected chi connectivity index (χ0v) is 19.0. The Bertz CT molecular complexity index is 1280. The molecule has 0 bridgehead atoms. The van der Waals surface area contributed by atoms with E-state index in [-0.39, 0.29) is 5.88 Å². The Balaban J connectivity index is 1.46. The Morgan fingerprint density at radius 3 is 2.39 bits per heavy atom. The van der Waals surface area contributed by atoms with E-state index in [0.717, 1.165) is 30.6 Å². The highest BCUT2D eigenvalue weighted by Crippen LogP contribution is 2.40. The molecular formula is C23H23F2N5O2S. The molecule has 0 aliphatic carbocycles. The van der Waals surface area contributed by atoms with Crippen molar-refractivity contribution in [3.8, 4) is 11.6 Å². The van der Waals surface area contributed by atoms with E-state index in [2.05, 4.69) is 19.9 Å². The quantitative estimate of drug-likeness (QED) is 0.475. The van der Waals surface area contributed by atoms with Crippen LogP contribution in [0.3, 0.4) is 0 Å². The fraction of sp³-hybridized carbons (Fsp3) is 0.304. The van der Waals surface area contributed by atoms with Crippen LogP contribution in [0, 0.1) is 18.6 Å². The third-order valence-electron chi connectivity index (χ3n) is 5.93. The number of ether oxygens (including phenoxy) is 1. The van der Waals surface area contributed by atoms with Gasteiger partial charge >= 0.3 is 0 Å². The Morgan fingerprint density at radius 1 is 1.03 bits per heavy atom. The van der Waals surface area contributed by atoms with E-state index in [1.807, 2.05) is 24.3 Å². The first-order valence-corrected chi connectivity index (χ1v) is 11.4. The summed E-state index contributed by atoms with van der Waals surface area (Å²) < 4.78 is 34.5. The van der Waals surface area contributed by atoms with Crippen LogP contribution in [0.2, 0.25) is 0 Å². The van der Waals surface area contributed by atoms with Crippen molar-refractivity contribution >= 4 is 22.0 Å². The highest BCUT2D eigenvalue weighted by atomic mass is 32.1. The lowest BCUT2D eigenvalue weighted by atomic mass is 10.0. The number of hydrogen-bond acceptors (Lipinski definition) is 7. The van der Waals surface area contributed by atoms with E-state index in [1.165, 1.54) is 21.9 Å². The fourth-order valence-corrected chi connectivity index (χ4v) is 5.43. The van der Waals surface area contributed by atoms with Crippen molar-refractivity contribution in [1.82, 2.24) is 19.5 Å². The predicted octanol–water partition coefficient (Wildman–Crippen LogP) is 4.00. The molecule has 0 saturated carbocycles. The molecule has 0 unspecified atom stereocenters. The number of anilines is 1. The van der Waals surface area contributed by atoms with Crippen molar-refractivity contribution in [2.75, 3.05) is 38.2 Å². The second-order valence-corrected chi connectivity index (χ2v) is 8.95. The van der Waals surface area contributed by atoms with Crippen molar-refractivity contribution in [3.63, 3.8) is 0 Å². The molecule has 172 valence electrons. The average molecular weight is 472 g/mol. The first-order chi connectivity index (χ1) is 15.9. The summed E-state index contributed by atoms with van der Waals surface area (Å²) in [5.41, 5.74) is 1.67. The summed E-state index contributed by atoms with van der Waals surface area (Å²) in [4.78, 5) is 9.96. The second kappa shape index (κ2) is 8.60. The molecule has 7 nitrogen and oxygen atoms in total. The van der Waals surface area contributed by atoms with Crippen LogP contribution in [-0.2, 0) is 0 Å². The Morgan fingerprint density at radius 2 is 1.76 bits per heavy atom. The van der Waals surface area contributed by atoms with Gasteiger partial charge in [-0.3, -0.25) is 4.90 Å². The largest absolute Gasteiger partial charge is 0.497 e. The molecule has 2 aromatic carbocycles. The molecule has 1 saturated heterocycles. The molecule has 1 N–H and O–H groups in total. The van der Waals surface area contributed by atoms with E-state index in [4.69, 9.17) is 4.74 Å². The van der Waals surface area contributed by atoms with Crippen molar-refractivity contribution in [3.05, 3.63) is 70.4 Å². The minimum Gasteiger partial charge on any atom is -0.497 e. The number of benzene rings is 2. The van der Waals surface area contributed by atoms with Crippen LogP contribution in [0.15, 0.2) is 42.5 Å². The molecule has 1 aliphatic rings. The van der Waals surface area contributed by atoms with E-state index in [0.29, 0.717) is 34.3 Å². The summed E-state index contributed by atoms with van der Waals surface area (Å²) in [5, 5.41) is 15.2. The highest BCUT2D eigenvalue weighted by Gasteiger charge is 2.32. The molecule has 1 fully saturated rings. The van der Waals surface area contributed by atoms with E-state index in [9.17, 15) is 13.9 Å². The number of piperazine rings is 1. The molecule has 3 heterocycles. The van der Waals surface area contributed by atoms with Crippen molar-refractivity contribution < 1.29 is 18.6 Å². The summed E-state index contributed by atoms with van der Waals surface area (Å²) in [7, 11) is 1.64. The standard InChI is InChI=1S/C23H23F2N5O2S/c1-14-26-23-30(27-14)22(31)21(33-23)20(15-3-8-18(24)19(25)13-15)29-11-9-28(10-12-29)16-4-6-17(32-2)7-5-16/h3-8,13,20,31H,9-12H2,1-2H3/t20-/m1/s1. The summed E-state index contributed by atoms with van der Waals surface area (Å²) in [6, 6.07) is 11.4. The van der Waals surface area contributed by atoms with Gasteiger partial charge in [-0.05, 0) is 48.9 Å². The smallest absolute Gasteiger partial charge is 0.230 e. The highest BCUT2D eigenvalue weighted by molar-refractivity contribution is 7.17. The van der Waals surface area contributed by atoms with Crippen LogP contribution in [-0.4, -0.2) is 57.9 Å². The normalized spacial score (nSPS) is 15.8. The maximum absolute atomic E-state index is 14.2. The number of halogens is 2. The minimum absolute atomic E-state index is 0.0251. The van der Waals surface area contributed by atoms with Crippen LogP contribution in [0.25, 0.3) is 4.96 Å². The van der Waals surface area contributed by atoms with Gasteiger partial charge in [0.05, 0.1) is 18.0 Å². The van der Waals surface area contributed by atoms with Gasteiger partial charge in [-0.1, -0.05) is 17.4 Å². The molecular weight excluding hydrogens is 448 g/mol. The predicted molar refractivity (Wildman–Crippen MR) is 122 cm³/mol. The molecule has 4 aromatic rings. The monoisotopic (exact) mass is 471 g/mol. The Labute approximate surface area is 193 Å². The number of rotatable bonds is 5. The van der Waals surface area contributed by atoms with Gasteiger partial charge in [0.2, 0.25) is 10.8 Å². The first-order valence-electron chi connectivity index (χ1n) is 10.6. The minimum atomic E-state index is -0.913. The van der Waals surface area contributed by atoms with Crippen LogP contribution in [0.4, 0.5) is 14.5 Å². The number of hydrogen-bond donors (Lipinski definition) is 1. The lowest BCUT2D eigenvalue weighted by Crippen LogP contribution is -2.47. The van der Waals surface area contributed by atoms with E-state index in [1.54, 1.807) is 20.1 Å². The summed E-state index contributed by atoms with van der Waals surface area (Å²) in [6.45, 7) is 4.58. The molecule has 0 amide bonds. The molecule has 1 aliphatic heterocycles. The van der Waals surface area contributed by atoms with Crippen LogP contribution in [0.5, 0.6) is 11.6 Å². The van der Waals surface area contributed by atoms with Crippen LogP contribution in [0.1, 0.15) is 22.3 Å². The third-order valence-corrected chi connectivity index (χ3v) is 7.00. The molecule has 0 spiro atoms. The van der Waals surface area contributed by atoms with Gasteiger partial charge in [0.15, 0.2) is 11.6 Å². The second-order valence-electron chi connectivity index (χ2n) is 7.94. The van der Waals surface area contributed by atoms with Gasteiger partial charge in [-0.15, -0.1) is 5.10 Å².